The van der Waals surface area contributed by atoms with Crippen LogP contribution in [0, 0.1) is 6.92 Å². The second-order valence-electron chi connectivity index (χ2n) is 4.86. The lowest BCUT2D eigenvalue weighted by molar-refractivity contribution is -0.113. The molecule has 0 unspecified atom stereocenters. The van der Waals surface area contributed by atoms with Crippen molar-refractivity contribution < 1.29 is 9.53 Å². The molecule has 0 radical (unpaired) electrons. The van der Waals surface area contributed by atoms with Crippen molar-refractivity contribution in [3.05, 3.63) is 58.1 Å². The number of hydrogen-bond donors (Lipinski definition) is 1. The van der Waals surface area contributed by atoms with Crippen molar-refractivity contribution in [3.8, 4) is 5.75 Å². The van der Waals surface area contributed by atoms with Gasteiger partial charge in [0.05, 0.1) is 12.9 Å². The van der Waals surface area contributed by atoms with Crippen LogP contribution < -0.4 is 10.1 Å². The molecule has 0 fully saturated rings. The third-order valence-corrected chi connectivity index (χ3v) is 4.54. The SMILES string of the molecule is COc1ccc(Br)cc1CSCC(=O)Nc1ccc(C)cc1. The number of nitrogens with one attached hydrogen (secondary N) is 1. The number of thioether (sulfide) groups is 1. The Balaban J connectivity index is 1.84. The van der Waals surface area contributed by atoms with E-state index in [1.54, 1.807) is 18.9 Å². The van der Waals surface area contributed by atoms with E-state index in [0.29, 0.717) is 5.75 Å². The highest BCUT2D eigenvalue weighted by Gasteiger charge is 2.07. The normalized spacial score (nSPS) is 10.3. The standard InChI is InChI=1S/C17H18BrNO2S/c1-12-3-6-15(7-4-12)19-17(20)11-22-10-13-9-14(18)5-8-16(13)21-2/h3-9H,10-11H2,1-2H3,(H,19,20). The van der Waals surface area contributed by atoms with Crippen LogP contribution in [-0.4, -0.2) is 18.8 Å². The Kier molecular flexibility index (Phi) is 6.34. The molecule has 0 saturated heterocycles. The second-order valence-corrected chi connectivity index (χ2v) is 6.76. The summed E-state index contributed by atoms with van der Waals surface area (Å²) in [5.74, 6) is 1.98. The number of hydrogen-bond acceptors (Lipinski definition) is 3. The minimum Gasteiger partial charge on any atom is -0.496 e. The van der Waals surface area contributed by atoms with E-state index in [9.17, 15) is 4.79 Å². The first-order valence-corrected chi connectivity index (χ1v) is 8.80. The van der Waals surface area contributed by atoms with Gasteiger partial charge in [0.2, 0.25) is 5.91 Å². The highest BCUT2D eigenvalue weighted by atomic mass is 79.9. The number of carbonyl (C=O) groups is 1. The summed E-state index contributed by atoms with van der Waals surface area (Å²) in [5.41, 5.74) is 3.08. The molecule has 2 aromatic rings. The molecule has 2 aromatic carbocycles. The summed E-state index contributed by atoms with van der Waals surface area (Å²) in [6.07, 6.45) is 0. The maximum Gasteiger partial charge on any atom is 0.234 e. The van der Waals surface area contributed by atoms with Crippen molar-refractivity contribution in [2.24, 2.45) is 0 Å². The number of ether oxygens (including phenoxy) is 1. The molecule has 0 atom stereocenters. The topological polar surface area (TPSA) is 38.3 Å². The summed E-state index contributed by atoms with van der Waals surface area (Å²) in [6.45, 7) is 2.02. The van der Waals surface area contributed by atoms with Crippen molar-refractivity contribution in [1.82, 2.24) is 0 Å². The van der Waals surface area contributed by atoms with E-state index < -0.39 is 0 Å². The molecule has 0 heterocycles. The molecule has 5 heteroatoms. The minimum absolute atomic E-state index is 0.00261. The van der Waals surface area contributed by atoms with Crippen molar-refractivity contribution in [2.75, 3.05) is 18.2 Å². The van der Waals surface area contributed by atoms with E-state index in [4.69, 9.17) is 4.74 Å². The maximum absolute atomic E-state index is 11.9. The van der Waals surface area contributed by atoms with Gasteiger partial charge in [-0.3, -0.25) is 4.79 Å². The number of amides is 1. The van der Waals surface area contributed by atoms with Gasteiger partial charge < -0.3 is 10.1 Å². The van der Waals surface area contributed by atoms with Crippen LogP contribution in [0.2, 0.25) is 0 Å². The lowest BCUT2D eigenvalue weighted by Crippen LogP contribution is -2.14. The van der Waals surface area contributed by atoms with Crippen molar-refractivity contribution in [3.63, 3.8) is 0 Å². The number of aryl methyl sites for hydroxylation is 1. The van der Waals surface area contributed by atoms with Gasteiger partial charge in [0.15, 0.2) is 0 Å². The zero-order valence-electron chi connectivity index (χ0n) is 12.6. The summed E-state index contributed by atoms with van der Waals surface area (Å²) in [4.78, 5) is 11.9. The number of halogens is 1. The molecule has 0 bridgehead atoms. The molecule has 116 valence electrons. The molecular formula is C17H18BrNO2S. The molecule has 22 heavy (non-hydrogen) atoms. The van der Waals surface area contributed by atoms with Crippen LogP contribution in [0.15, 0.2) is 46.9 Å². The van der Waals surface area contributed by atoms with E-state index >= 15 is 0 Å². The molecule has 1 N–H and O–H groups in total. The van der Waals surface area contributed by atoms with Crippen molar-refractivity contribution in [2.45, 2.75) is 12.7 Å². The summed E-state index contributed by atoms with van der Waals surface area (Å²) >= 11 is 5.01. The maximum atomic E-state index is 11.9. The Morgan fingerprint density at radius 2 is 1.95 bits per heavy atom. The van der Waals surface area contributed by atoms with Gasteiger partial charge in [-0.25, -0.2) is 0 Å². The monoisotopic (exact) mass is 379 g/mol. The summed E-state index contributed by atoms with van der Waals surface area (Å²) < 4.78 is 6.34. The van der Waals surface area contributed by atoms with Crippen molar-refractivity contribution in [1.29, 1.82) is 0 Å². The summed E-state index contributed by atoms with van der Waals surface area (Å²) in [5, 5.41) is 2.90. The van der Waals surface area contributed by atoms with Crippen LogP contribution in [0.4, 0.5) is 5.69 Å². The predicted octanol–water partition coefficient (Wildman–Crippen LogP) is 4.64. The Bertz CT molecular complexity index is 644. The molecule has 0 aromatic heterocycles. The van der Waals surface area contributed by atoms with Crippen LogP contribution in [0.3, 0.4) is 0 Å². The van der Waals surface area contributed by atoms with Gasteiger partial charge in [-0.2, -0.15) is 0 Å². The highest BCUT2D eigenvalue weighted by molar-refractivity contribution is 9.10. The fourth-order valence-corrected chi connectivity index (χ4v) is 3.16. The third-order valence-electron chi connectivity index (χ3n) is 3.07. The molecule has 3 nitrogen and oxygen atoms in total. The largest absolute Gasteiger partial charge is 0.496 e. The number of anilines is 1. The average molecular weight is 380 g/mol. The lowest BCUT2D eigenvalue weighted by Gasteiger charge is -2.09. The fraction of sp³-hybridized carbons (Fsp3) is 0.235. The number of rotatable bonds is 6. The van der Waals surface area contributed by atoms with E-state index in [0.717, 1.165) is 27.2 Å². The van der Waals surface area contributed by atoms with Gasteiger partial charge in [-0.1, -0.05) is 33.6 Å². The van der Waals surface area contributed by atoms with Gasteiger partial charge >= 0.3 is 0 Å². The van der Waals surface area contributed by atoms with Gasteiger partial charge in [0.25, 0.3) is 0 Å². The molecule has 0 aliphatic rings. The van der Waals surface area contributed by atoms with E-state index in [2.05, 4.69) is 21.2 Å². The molecule has 2 rings (SSSR count). The Hall–Kier alpha value is -1.46. The third kappa shape index (κ3) is 5.07. The van der Waals surface area contributed by atoms with Crippen LogP contribution in [-0.2, 0) is 10.5 Å². The summed E-state index contributed by atoms with van der Waals surface area (Å²) in [7, 11) is 1.65. The fourth-order valence-electron chi connectivity index (χ4n) is 1.95. The van der Waals surface area contributed by atoms with Gasteiger partial charge in [0, 0.05) is 21.5 Å². The molecular weight excluding hydrogens is 362 g/mol. The zero-order chi connectivity index (χ0) is 15.9. The van der Waals surface area contributed by atoms with Crippen molar-refractivity contribution >= 4 is 39.3 Å². The Labute approximate surface area is 143 Å². The molecule has 0 saturated carbocycles. The van der Waals surface area contributed by atoms with Gasteiger partial charge in [0.1, 0.15) is 5.75 Å². The summed E-state index contributed by atoms with van der Waals surface area (Å²) in [6, 6.07) is 13.7. The quantitative estimate of drug-likeness (QED) is 0.794. The molecule has 0 spiro atoms. The number of methoxy groups -OCH3 is 1. The van der Waals surface area contributed by atoms with Crippen LogP contribution in [0.1, 0.15) is 11.1 Å². The van der Waals surface area contributed by atoms with Crippen LogP contribution >= 0.6 is 27.7 Å². The van der Waals surface area contributed by atoms with Gasteiger partial charge in [-0.05, 0) is 37.3 Å². The molecule has 0 aliphatic carbocycles. The van der Waals surface area contributed by atoms with Crippen LogP contribution in [0.25, 0.3) is 0 Å². The smallest absolute Gasteiger partial charge is 0.234 e. The van der Waals surface area contributed by atoms with Gasteiger partial charge in [-0.15, -0.1) is 11.8 Å². The first kappa shape index (κ1) is 16.9. The Morgan fingerprint density at radius 3 is 2.64 bits per heavy atom. The number of benzene rings is 2. The van der Waals surface area contributed by atoms with E-state index in [1.807, 2.05) is 49.4 Å². The zero-order valence-corrected chi connectivity index (χ0v) is 15.0. The molecule has 1 amide bonds. The predicted molar refractivity (Wildman–Crippen MR) is 96.7 cm³/mol. The first-order valence-electron chi connectivity index (χ1n) is 6.85. The highest BCUT2D eigenvalue weighted by Crippen LogP contribution is 2.26. The number of carbonyl (C=O) groups excluding carboxylic acids is 1. The average Bonchev–Trinajstić information content (AvgIpc) is 2.50. The Morgan fingerprint density at radius 1 is 1.23 bits per heavy atom. The second kappa shape index (κ2) is 8.25. The van der Waals surface area contributed by atoms with Crippen LogP contribution in [0.5, 0.6) is 5.75 Å². The van der Waals surface area contributed by atoms with E-state index in [1.165, 1.54) is 5.56 Å². The minimum atomic E-state index is 0.00261. The molecule has 0 aliphatic heterocycles. The first-order chi connectivity index (χ1) is 10.6. The lowest BCUT2D eigenvalue weighted by atomic mass is 10.2. The van der Waals surface area contributed by atoms with E-state index in [-0.39, 0.29) is 5.91 Å².